The lowest BCUT2D eigenvalue weighted by molar-refractivity contribution is 0.0601. The zero-order valence-electron chi connectivity index (χ0n) is 13.2. The number of amides is 1. The third kappa shape index (κ3) is 3.20. The molecule has 5 nitrogen and oxygen atoms in total. The lowest BCUT2D eigenvalue weighted by Gasteiger charge is -2.15. The molecule has 1 aliphatic rings. The number of methoxy groups -OCH3 is 1. The number of benzene rings is 1. The van der Waals surface area contributed by atoms with Crippen molar-refractivity contribution in [2.75, 3.05) is 20.7 Å². The van der Waals surface area contributed by atoms with Gasteiger partial charge >= 0.3 is 5.97 Å². The Labute approximate surface area is 148 Å². The van der Waals surface area contributed by atoms with E-state index < -0.39 is 5.97 Å². The molecule has 1 aliphatic heterocycles. The number of ether oxygens (including phenoxy) is 1. The third-order valence-electron chi connectivity index (χ3n) is 3.74. The van der Waals surface area contributed by atoms with Crippen LogP contribution < -0.4 is 0 Å². The van der Waals surface area contributed by atoms with Crippen LogP contribution in [-0.2, 0) is 11.2 Å². The second kappa shape index (κ2) is 6.75. The van der Waals surface area contributed by atoms with Gasteiger partial charge in [-0.15, -0.1) is 11.3 Å². The number of esters is 1. The van der Waals surface area contributed by atoms with Crippen molar-refractivity contribution in [1.82, 2.24) is 4.90 Å². The van der Waals surface area contributed by atoms with Gasteiger partial charge in [0, 0.05) is 19.2 Å². The molecule has 0 fully saturated rings. The maximum Gasteiger partial charge on any atom is 0.340 e. The number of halogens is 1. The fraction of sp³-hybridized carbons (Fsp3) is 0.235. The number of para-hydroxylation sites is 1. The molecule has 0 saturated heterocycles. The monoisotopic (exact) mass is 362 g/mol. The van der Waals surface area contributed by atoms with Crippen LogP contribution in [0.15, 0.2) is 35.3 Å². The van der Waals surface area contributed by atoms with E-state index in [1.54, 1.807) is 30.1 Å². The fourth-order valence-corrected chi connectivity index (χ4v) is 3.65. The predicted octanol–water partition coefficient (Wildman–Crippen LogP) is 3.59. The summed E-state index contributed by atoms with van der Waals surface area (Å²) in [6.07, 6.45) is 0.614. The predicted molar refractivity (Wildman–Crippen MR) is 94.9 cm³/mol. The van der Waals surface area contributed by atoms with E-state index >= 15 is 0 Å². The number of hydrogen-bond acceptors (Lipinski definition) is 5. The summed E-state index contributed by atoms with van der Waals surface area (Å²) in [6.45, 7) is 0.393. The molecule has 0 unspecified atom stereocenters. The van der Waals surface area contributed by atoms with E-state index in [9.17, 15) is 9.59 Å². The van der Waals surface area contributed by atoms with Crippen molar-refractivity contribution < 1.29 is 14.3 Å². The van der Waals surface area contributed by atoms with Gasteiger partial charge < -0.3 is 9.64 Å². The lowest BCUT2D eigenvalue weighted by Crippen LogP contribution is -2.31. The Bertz CT molecular complexity index is 844. The first-order valence-corrected chi connectivity index (χ1v) is 8.46. The van der Waals surface area contributed by atoms with Crippen molar-refractivity contribution in [2.45, 2.75) is 6.42 Å². The van der Waals surface area contributed by atoms with Crippen molar-refractivity contribution in [3.8, 4) is 0 Å². The largest absolute Gasteiger partial charge is 0.465 e. The molecule has 0 N–H and O–H groups in total. The summed E-state index contributed by atoms with van der Waals surface area (Å²) < 4.78 is 5.38. The highest BCUT2D eigenvalue weighted by Gasteiger charge is 2.23. The minimum atomic E-state index is -0.408. The van der Waals surface area contributed by atoms with Crippen LogP contribution in [-0.4, -0.2) is 43.2 Å². The number of carbonyl (C=O) groups excluding carboxylic acids is 2. The van der Waals surface area contributed by atoms with Gasteiger partial charge in [0.2, 0.25) is 0 Å². The number of carbonyl (C=O) groups is 2. The van der Waals surface area contributed by atoms with E-state index in [0.29, 0.717) is 33.4 Å². The van der Waals surface area contributed by atoms with Gasteiger partial charge in [-0.05, 0) is 23.8 Å². The quantitative estimate of drug-likeness (QED) is 0.781. The van der Waals surface area contributed by atoms with Gasteiger partial charge in [0.1, 0.15) is 0 Å². The van der Waals surface area contributed by atoms with Crippen molar-refractivity contribution in [3.05, 3.63) is 50.7 Å². The van der Waals surface area contributed by atoms with Crippen LogP contribution in [0.25, 0.3) is 0 Å². The molecule has 3 rings (SSSR count). The molecule has 1 aromatic carbocycles. The molecule has 124 valence electrons. The number of hydrogen-bond donors (Lipinski definition) is 0. The first-order chi connectivity index (χ1) is 11.5. The van der Waals surface area contributed by atoms with Crippen LogP contribution >= 0.6 is 22.9 Å². The maximum atomic E-state index is 12.4. The van der Waals surface area contributed by atoms with Crippen LogP contribution in [0.2, 0.25) is 4.34 Å². The molecule has 2 aromatic rings. The average molecular weight is 363 g/mol. The highest BCUT2D eigenvalue weighted by molar-refractivity contribution is 7.17. The van der Waals surface area contributed by atoms with Gasteiger partial charge in [0.05, 0.1) is 34.1 Å². The van der Waals surface area contributed by atoms with Crippen molar-refractivity contribution >= 4 is 46.2 Å². The van der Waals surface area contributed by atoms with Crippen LogP contribution in [0.3, 0.4) is 0 Å². The molecule has 0 saturated carbocycles. The Kier molecular flexibility index (Phi) is 4.69. The molecule has 7 heteroatoms. The normalized spacial score (nSPS) is 12.5. The molecule has 0 spiro atoms. The summed E-state index contributed by atoms with van der Waals surface area (Å²) in [7, 11) is 3.07. The van der Waals surface area contributed by atoms with E-state index in [4.69, 9.17) is 16.3 Å². The van der Waals surface area contributed by atoms with E-state index in [1.165, 1.54) is 18.4 Å². The van der Waals surface area contributed by atoms with E-state index in [2.05, 4.69) is 4.99 Å². The summed E-state index contributed by atoms with van der Waals surface area (Å²) in [5, 5.41) is 0. The van der Waals surface area contributed by atoms with Gasteiger partial charge in [-0.2, -0.15) is 0 Å². The van der Waals surface area contributed by atoms with Gasteiger partial charge in [0.25, 0.3) is 5.91 Å². The lowest BCUT2D eigenvalue weighted by atomic mass is 10.1. The van der Waals surface area contributed by atoms with Crippen LogP contribution in [0.4, 0.5) is 5.69 Å². The Morgan fingerprint density at radius 2 is 2.12 bits per heavy atom. The topological polar surface area (TPSA) is 59.0 Å². The molecular weight excluding hydrogens is 348 g/mol. The Hall–Kier alpha value is -2.18. The van der Waals surface area contributed by atoms with Crippen LogP contribution in [0.5, 0.6) is 0 Å². The molecule has 0 aliphatic carbocycles. The Morgan fingerprint density at radius 1 is 1.33 bits per heavy atom. The second-order valence-electron chi connectivity index (χ2n) is 5.42. The average Bonchev–Trinajstić information content (AvgIpc) is 3.18. The summed E-state index contributed by atoms with van der Waals surface area (Å²) in [5.41, 5.74) is 2.89. The molecular formula is C17H15ClN2O3S. The molecule has 0 bridgehead atoms. The molecule has 0 radical (unpaired) electrons. The summed E-state index contributed by atoms with van der Waals surface area (Å²) >= 11 is 7.13. The van der Waals surface area contributed by atoms with Gasteiger partial charge in [0.15, 0.2) is 0 Å². The smallest absolute Gasteiger partial charge is 0.340 e. The van der Waals surface area contributed by atoms with Gasteiger partial charge in [-0.3, -0.25) is 9.79 Å². The minimum Gasteiger partial charge on any atom is -0.465 e. The zero-order chi connectivity index (χ0) is 17.3. The van der Waals surface area contributed by atoms with E-state index in [1.807, 2.05) is 12.1 Å². The zero-order valence-corrected chi connectivity index (χ0v) is 14.8. The number of fused-ring (bicyclic) bond motifs is 1. The highest BCUT2D eigenvalue weighted by Crippen LogP contribution is 2.31. The molecule has 1 aromatic heterocycles. The molecule has 2 heterocycles. The minimum absolute atomic E-state index is 0.0984. The maximum absolute atomic E-state index is 12.4. The number of rotatable bonds is 4. The standard InChI is InChI=1S/C17H15ClN2O3S/c1-20(16(21)13-6-7-14(18)24-13)9-11-8-10-4-3-5-12(15(10)19-11)17(22)23-2/h3-7H,8-9H2,1-2H3. The highest BCUT2D eigenvalue weighted by atomic mass is 35.5. The second-order valence-corrected chi connectivity index (χ2v) is 7.14. The van der Waals surface area contributed by atoms with E-state index in [-0.39, 0.29) is 5.91 Å². The van der Waals surface area contributed by atoms with E-state index in [0.717, 1.165) is 11.3 Å². The Balaban J connectivity index is 1.77. The van der Waals surface area contributed by atoms with Gasteiger partial charge in [-0.25, -0.2) is 4.79 Å². The molecule has 1 amide bonds. The van der Waals surface area contributed by atoms with Crippen molar-refractivity contribution in [3.63, 3.8) is 0 Å². The summed E-state index contributed by atoms with van der Waals surface area (Å²) in [6, 6.07) is 8.86. The summed E-state index contributed by atoms with van der Waals surface area (Å²) in [5.74, 6) is -0.506. The molecule has 24 heavy (non-hydrogen) atoms. The first kappa shape index (κ1) is 16.7. The Morgan fingerprint density at radius 3 is 2.79 bits per heavy atom. The number of thiophene rings is 1. The first-order valence-electron chi connectivity index (χ1n) is 7.27. The fourth-order valence-electron chi connectivity index (χ4n) is 2.61. The van der Waals surface area contributed by atoms with Crippen LogP contribution in [0, 0.1) is 0 Å². The van der Waals surface area contributed by atoms with Crippen LogP contribution in [0.1, 0.15) is 25.6 Å². The number of nitrogens with zero attached hydrogens (tertiary/aromatic N) is 2. The SMILES string of the molecule is COC(=O)c1cccc2c1N=C(CN(C)C(=O)c1ccc(Cl)s1)C2. The number of aliphatic imine (C=N–C) groups is 1. The van der Waals surface area contributed by atoms with Crippen molar-refractivity contribution in [1.29, 1.82) is 0 Å². The summed E-state index contributed by atoms with van der Waals surface area (Å²) in [4.78, 5) is 31.0. The third-order valence-corrected chi connectivity index (χ3v) is 4.96. The van der Waals surface area contributed by atoms with Crippen molar-refractivity contribution in [2.24, 2.45) is 4.99 Å². The molecule has 0 atom stereocenters. The van der Waals surface area contributed by atoms with Gasteiger partial charge in [-0.1, -0.05) is 23.7 Å².